The molecule has 2 aromatic carbocycles. The van der Waals surface area contributed by atoms with Gasteiger partial charge in [-0.3, -0.25) is 0 Å². The van der Waals surface area contributed by atoms with Gasteiger partial charge in [-0.15, -0.1) is 0 Å². The van der Waals surface area contributed by atoms with E-state index in [9.17, 15) is 13.2 Å². The summed E-state index contributed by atoms with van der Waals surface area (Å²) in [5.41, 5.74) is -0.0331. The summed E-state index contributed by atoms with van der Waals surface area (Å²) >= 11 is -0.0980. The number of hydrogen-bond donors (Lipinski definition) is 1. The molecule has 0 unspecified atom stereocenters. The summed E-state index contributed by atoms with van der Waals surface area (Å²) in [5, 5.41) is 0.718. The summed E-state index contributed by atoms with van der Waals surface area (Å²) in [7, 11) is -2.08. The molecule has 0 atom stereocenters. The van der Waals surface area contributed by atoms with Gasteiger partial charge in [0, 0.05) is 0 Å². The number of methoxy groups -OCH3 is 1. The van der Waals surface area contributed by atoms with E-state index in [2.05, 4.69) is 4.72 Å². The summed E-state index contributed by atoms with van der Waals surface area (Å²) < 4.78 is 34.8. The first-order valence-corrected chi connectivity index (χ1v) is 10.3. The maximum atomic E-state index is 12.3. The van der Waals surface area contributed by atoms with E-state index in [1.807, 2.05) is 18.2 Å². The molecule has 0 aliphatic carbocycles. The molecule has 1 aromatic heterocycles. The van der Waals surface area contributed by atoms with Crippen LogP contribution in [0.1, 0.15) is 0 Å². The van der Waals surface area contributed by atoms with Gasteiger partial charge in [0.05, 0.1) is 0 Å². The van der Waals surface area contributed by atoms with E-state index < -0.39 is 10.0 Å². The Morgan fingerprint density at radius 3 is 2.50 bits per heavy atom. The van der Waals surface area contributed by atoms with E-state index >= 15 is 0 Å². The number of aromatic nitrogens is 1. The number of nitrogens with zero attached hydrogens (tertiary/aromatic N) is 1. The molecule has 0 saturated carbocycles. The first kappa shape index (κ1) is 17.0. The van der Waals surface area contributed by atoms with Crippen LogP contribution in [0.25, 0.3) is 9.65 Å². The Kier molecular flexibility index (Phi) is 4.91. The second kappa shape index (κ2) is 6.94. The molecule has 0 fully saturated rings. The molecule has 0 aliphatic rings. The molecule has 0 spiro atoms. The Hall–Kier alpha value is -1.86. The van der Waals surface area contributed by atoms with Gasteiger partial charge in [-0.2, -0.15) is 0 Å². The van der Waals surface area contributed by atoms with E-state index in [0.29, 0.717) is 12.3 Å². The fraction of sp³-hybridized carbons (Fsp3) is 0.188. The quantitative estimate of drug-likeness (QED) is 0.615. The van der Waals surface area contributed by atoms with Crippen LogP contribution in [0.5, 0.6) is 5.75 Å². The second-order valence-electron chi connectivity index (χ2n) is 5.07. The standard InChI is InChI=1S/C16H16N2O4SSe/c1-22-12-6-8-13(9-7-12)23(20,21)17-10-11-18-16(19)14-4-2-3-5-15(14)24-18/h2-9,17H,10-11H2,1H3. The molecule has 0 radical (unpaired) electrons. The molecule has 3 aromatic rings. The molecule has 6 nitrogen and oxygen atoms in total. The van der Waals surface area contributed by atoms with Gasteiger partial charge in [-0.05, 0) is 0 Å². The van der Waals surface area contributed by atoms with Crippen LogP contribution in [0.15, 0.2) is 58.2 Å². The van der Waals surface area contributed by atoms with Gasteiger partial charge < -0.3 is 0 Å². The van der Waals surface area contributed by atoms with Crippen LogP contribution in [0.4, 0.5) is 0 Å². The van der Waals surface area contributed by atoms with Gasteiger partial charge in [0.1, 0.15) is 0 Å². The number of nitrogens with one attached hydrogen (secondary N) is 1. The monoisotopic (exact) mass is 412 g/mol. The fourth-order valence-electron chi connectivity index (χ4n) is 2.28. The van der Waals surface area contributed by atoms with Gasteiger partial charge in [-0.25, -0.2) is 0 Å². The molecule has 0 bridgehead atoms. The van der Waals surface area contributed by atoms with Gasteiger partial charge in [-0.1, -0.05) is 0 Å². The molecule has 126 valence electrons. The summed E-state index contributed by atoms with van der Waals surface area (Å²) in [6.45, 7) is 0.527. The number of ether oxygens (including phenoxy) is 1. The average Bonchev–Trinajstić information content (AvgIpc) is 2.91. The molecule has 8 heteroatoms. The van der Waals surface area contributed by atoms with Crippen LogP contribution in [-0.2, 0) is 16.6 Å². The number of fused-ring (bicyclic) bond motifs is 1. The fourth-order valence-corrected chi connectivity index (χ4v) is 5.39. The SMILES string of the molecule is COc1ccc(S(=O)(=O)NCCn2[se]c3ccccc3c2=O)cc1. The zero-order valence-electron chi connectivity index (χ0n) is 12.9. The van der Waals surface area contributed by atoms with Gasteiger partial charge in [0.15, 0.2) is 0 Å². The van der Waals surface area contributed by atoms with Crippen LogP contribution >= 0.6 is 0 Å². The van der Waals surface area contributed by atoms with Gasteiger partial charge in [0.25, 0.3) is 0 Å². The summed E-state index contributed by atoms with van der Waals surface area (Å²) in [5.74, 6) is 0.595. The average molecular weight is 411 g/mol. The number of rotatable bonds is 6. The zero-order chi connectivity index (χ0) is 17.2. The van der Waals surface area contributed by atoms with E-state index in [1.165, 1.54) is 19.2 Å². The van der Waals surface area contributed by atoms with Crippen LogP contribution < -0.4 is 15.0 Å². The predicted molar refractivity (Wildman–Crippen MR) is 93.3 cm³/mol. The minimum absolute atomic E-state index is 0.0331. The first-order chi connectivity index (χ1) is 11.5. The van der Waals surface area contributed by atoms with Crippen molar-refractivity contribution in [1.29, 1.82) is 0 Å². The van der Waals surface area contributed by atoms with Crippen molar-refractivity contribution < 1.29 is 13.2 Å². The molecule has 24 heavy (non-hydrogen) atoms. The van der Waals surface area contributed by atoms with Crippen molar-refractivity contribution in [2.45, 2.75) is 11.4 Å². The second-order valence-corrected chi connectivity index (χ2v) is 9.07. The van der Waals surface area contributed by atoms with Gasteiger partial charge in [0.2, 0.25) is 0 Å². The van der Waals surface area contributed by atoms with Crippen molar-refractivity contribution in [3.63, 3.8) is 0 Å². The Balaban J connectivity index is 1.70. The van der Waals surface area contributed by atoms with E-state index in [-0.39, 0.29) is 31.7 Å². The Bertz CT molecular complexity index is 1010. The van der Waals surface area contributed by atoms with E-state index in [4.69, 9.17) is 4.74 Å². The molecular formula is C16H16N2O4SSe. The molecule has 0 aliphatic heterocycles. The van der Waals surface area contributed by atoms with Crippen LogP contribution in [0.2, 0.25) is 0 Å². The topological polar surface area (TPSA) is 77.4 Å². The third kappa shape index (κ3) is 3.47. The Morgan fingerprint density at radius 1 is 1.12 bits per heavy atom. The number of benzene rings is 2. The number of hydrogen-bond acceptors (Lipinski definition) is 4. The maximum absolute atomic E-state index is 12.3. The molecule has 0 amide bonds. The van der Waals surface area contributed by atoms with Crippen molar-refractivity contribution in [3.05, 3.63) is 58.9 Å². The predicted octanol–water partition coefficient (Wildman–Crippen LogP) is 1.05. The van der Waals surface area contributed by atoms with Crippen LogP contribution in [0, 0.1) is 0 Å². The molecule has 0 saturated heterocycles. The Labute approximate surface area is 145 Å². The minimum atomic E-state index is -3.60. The first-order valence-electron chi connectivity index (χ1n) is 7.24. The third-order valence-electron chi connectivity index (χ3n) is 3.53. The van der Waals surface area contributed by atoms with Crippen molar-refractivity contribution in [1.82, 2.24) is 8.28 Å². The summed E-state index contributed by atoms with van der Waals surface area (Å²) in [4.78, 5) is 12.4. The summed E-state index contributed by atoms with van der Waals surface area (Å²) in [6.07, 6.45) is 0. The summed E-state index contributed by atoms with van der Waals surface area (Å²) in [6, 6.07) is 13.7. The normalized spacial score (nSPS) is 11.7. The molecular weight excluding hydrogens is 395 g/mol. The zero-order valence-corrected chi connectivity index (χ0v) is 15.5. The van der Waals surface area contributed by atoms with Crippen molar-refractivity contribution in [2.24, 2.45) is 0 Å². The van der Waals surface area contributed by atoms with E-state index in [1.54, 1.807) is 21.8 Å². The molecule has 3 rings (SSSR count). The van der Waals surface area contributed by atoms with Crippen LogP contribution in [0.3, 0.4) is 0 Å². The molecule has 1 N–H and O–H groups in total. The van der Waals surface area contributed by atoms with Crippen LogP contribution in [-0.4, -0.2) is 40.4 Å². The van der Waals surface area contributed by atoms with Crippen molar-refractivity contribution >= 4 is 34.4 Å². The Morgan fingerprint density at radius 2 is 1.83 bits per heavy atom. The van der Waals surface area contributed by atoms with Gasteiger partial charge >= 0.3 is 146 Å². The number of sulfonamides is 1. The third-order valence-corrected chi connectivity index (χ3v) is 7.36. The van der Waals surface area contributed by atoms with Crippen molar-refractivity contribution in [2.75, 3.05) is 13.7 Å². The van der Waals surface area contributed by atoms with Crippen molar-refractivity contribution in [3.8, 4) is 5.75 Å². The van der Waals surface area contributed by atoms with E-state index in [0.717, 1.165) is 9.65 Å². The molecule has 1 heterocycles.